The van der Waals surface area contributed by atoms with E-state index in [0.717, 1.165) is 11.1 Å². The fourth-order valence-corrected chi connectivity index (χ4v) is 2.33. The maximum atomic E-state index is 11.5. The second-order valence-electron chi connectivity index (χ2n) is 4.92. The van der Waals surface area contributed by atoms with E-state index in [-0.39, 0.29) is 5.56 Å². The van der Waals surface area contributed by atoms with Gasteiger partial charge >= 0.3 is 5.97 Å². The number of carboxylic acid groups (broad SMARTS) is 1. The van der Waals surface area contributed by atoms with Gasteiger partial charge in [-0.25, -0.2) is 14.5 Å². The van der Waals surface area contributed by atoms with Crippen molar-refractivity contribution in [2.24, 2.45) is 0 Å². The van der Waals surface area contributed by atoms with E-state index in [9.17, 15) is 9.90 Å². The average Bonchev–Trinajstić information content (AvgIpc) is 2.89. The molecular formula is C16H15N3O2. The normalized spacial score (nSPS) is 11.0. The predicted octanol–water partition coefficient (Wildman–Crippen LogP) is 3.12. The van der Waals surface area contributed by atoms with E-state index in [1.54, 1.807) is 16.9 Å². The quantitative estimate of drug-likeness (QED) is 0.801. The van der Waals surface area contributed by atoms with Gasteiger partial charge in [0.15, 0.2) is 5.65 Å². The van der Waals surface area contributed by atoms with Crippen LogP contribution in [0.2, 0.25) is 0 Å². The highest BCUT2D eigenvalue weighted by molar-refractivity contribution is 6.02. The van der Waals surface area contributed by atoms with Gasteiger partial charge in [-0.2, -0.15) is 5.10 Å². The number of rotatable bonds is 3. The second-order valence-corrected chi connectivity index (χ2v) is 4.92. The van der Waals surface area contributed by atoms with Crippen LogP contribution in [0.25, 0.3) is 22.3 Å². The van der Waals surface area contributed by atoms with Gasteiger partial charge in [-0.15, -0.1) is 0 Å². The third-order valence-electron chi connectivity index (χ3n) is 3.49. The highest BCUT2D eigenvalue weighted by atomic mass is 16.4. The molecule has 5 heteroatoms. The summed E-state index contributed by atoms with van der Waals surface area (Å²) in [7, 11) is 0. The molecule has 0 spiro atoms. The minimum absolute atomic E-state index is 0.232. The summed E-state index contributed by atoms with van der Waals surface area (Å²) in [6.45, 7) is 4.61. The zero-order valence-electron chi connectivity index (χ0n) is 11.9. The van der Waals surface area contributed by atoms with Crippen LogP contribution in [0.1, 0.15) is 22.8 Å². The Kier molecular flexibility index (Phi) is 3.17. The number of carboxylic acids is 1. The van der Waals surface area contributed by atoms with Crippen molar-refractivity contribution in [3.05, 3.63) is 47.7 Å². The third-order valence-corrected chi connectivity index (χ3v) is 3.49. The molecule has 0 radical (unpaired) electrons. The van der Waals surface area contributed by atoms with Crippen LogP contribution in [0.3, 0.4) is 0 Å². The standard InChI is InChI=1S/C16H15N3O2/c1-3-19-15-13(9-17-19)12(16(20)21)8-14(18-15)11-6-4-10(2)5-7-11/h4-9H,3H2,1-2H3,(H,20,21). The highest BCUT2D eigenvalue weighted by Gasteiger charge is 2.16. The SMILES string of the molecule is CCn1ncc2c(C(=O)O)cc(-c3ccc(C)cc3)nc21. The Morgan fingerprint density at radius 2 is 2.00 bits per heavy atom. The number of pyridine rings is 1. The summed E-state index contributed by atoms with van der Waals surface area (Å²) < 4.78 is 1.71. The molecule has 2 aromatic heterocycles. The Hall–Kier alpha value is -2.69. The van der Waals surface area contributed by atoms with Gasteiger partial charge in [0, 0.05) is 12.1 Å². The van der Waals surface area contributed by atoms with Crippen molar-refractivity contribution in [2.75, 3.05) is 0 Å². The zero-order valence-corrected chi connectivity index (χ0v) is 11.9. The molecule has 2 heterocycles. The molecule has 1 aromatic carbocycles. The van der Waals surface area contributed by atoms with Gasteiger partial charge in [-0.05, 0) is 19.9 Å². The van der Waals surface area contributed by atoms with Crippen molar-refractivity contribution in [2.45, 2.75) is 20.4 Å². The highest BCUT2D eigenvalue weighted by Crippen LogP contribution is 2.25. The van der Waals surface area contributed by atoms with E-state index < -0.39 is 5.97 Å². The van der Waals surface area contributed by atoms with Gasteiger partial charge < -0.3 is 5.11 Å². The minimum atomic E-state index is -0.966. The fourth-order valence-electron chi connectivity index (χ4n) is 2.33. The number of fused-ring (bicyclic) bond motifs is 1. The molecule has 0 unspecified atom stereocenters. The molecule has 3 aromatic rings. The smallest absolute Gasteiger partial charge is 0.336 e. The topological polar surface area (TPSA) is 68.0 Å². The van der Waals surface area contributed by atoms with Gasteiger partial charge in [-0.1, -0.05) is 29.8 Å². The van der Waals surface area contributed by atoms with Crippen molar-refractivity contribution in [1.82, 2.24) is 14.8 Å². The number of nitrogens with zero attached hydrogens (tertiary/aromatic N) is 3. The molecule has 3 rings (SSSR count). The van der Waals surface area contributed by atoms with E-state index in [1.165, 1.54) is 0 Å². The van der Waals surface area contributed by atoms with Gasteiger partial charge in [-0.3, -0.25) is 0 Å². The monoisotopic (exact) mass is 281 g/mol. The van der Waals surface area contributed by atoms with Crippen molar-refractivity contribution in [3.63, 3.8) is 0 Å². The summed E-state index contributed by atoms with van der Waals surface area (Å²) in [6, 6.07) is 9.47. The number of aromatic nitrogens is 3. The minimum Gasteiger partial charge on any atom is -0.478 e. The lowest BCUT2D eigenvalue weighted by Crippen LogP contribution is -2.02. The fraction of sp³-hybridized carbons (Fsp3) is 0.188. The Labute approximate surface area is 121 Å². The van der Waals surface area contributed by atoms with Crippen LogP contribution < -0.4 is 0 Å². The largest absolute Gasteiger partial charge is 0.478 e. The van der Waals surface area contributed by atoms with Gasteiger partial charge in [0.25, 0.3) is 0 Å². The molecule has 0 bridgehead atoms. The summed E-state index contributed by atoms with van der Waals surface area (Å²) in [5, 5.41) is 14.2. The van der Waals surface area contributed by atoms with Gasteiger partial charge in [0.2, 0.25) is 0 Å². The van der Waals surface area contributed by atoms with Crippen LogP contribution in [0.5, 0.6) is 0 Å². The molecule has 0 saturated heterocycles. The van der Waals surface area contributed by atoms with Crippen LogP contribution in [0.4, 0.5) is 0 Å². The van der Waals surface area contributed by atoms with Crippen LogP contribution >= 0.6 is 0 Å². The lowest BCUT2D eigenvalue weighted by Gasteiger charge is -2.06. The Balaban J connectivity index is 2.28. The number of hydrogen-bond donors (Lipinski definition) is 1. The predicted molar refractivity (Wildman–Crippen MR) is 80.3 cm³/mol. The zero-order chi connectivity index (χ0) is 15.0. The summed E-state index contributed by atoms with van der Waals surface area (Å²) >= 11 is 0. The molecule has 106 valence electrons. The maximum Gasteiger partial charge on any atom is 0.336 e. The molecule has 0 aliphatic rings. The Bertz CT molecular complexity index is 819. The van der Waals surface area contributed by atoms with E-state index in [1.807, 2.05) is 38.1 Å². The van der Waals surface area contributed by atoms with Crippen molar-refractivity contribution in [1.29, 1.82) is 0 Å². The number of carbonyl (C=O) groups is 1. The molecule has 21 heavy (non-hydrogen) atoms. The van der Waals surface area contributed by atoms with Crippen molar-refractivity contribution < 1.29 is 9.90 Å². The van der Waals surface area contributed by atoms with E-state index in [4.69, 9.17) is 0 Å². The van der Waals surface area contributed by atoms with Gasteiger partial charge in [0.1, 0.15) is 0 Å². The molecule has 0 atom stereocenters. The molecule has 0 aliphatic carbocycles. The first-order valence-electron chi connectivity index (χ1n) is 6.77. The van der Waals surface area contributed by atoms with Gasteiger partial charge in [0.05, 0.1) is 22.8 Å². The maximum absolute atomic E-state index is 11.5. The van der Waals surface area contributed by atoms with E-state index in [0.29, 0.717) is 23.3 Å². The summed E-state index contributed by atoms with van der Waals surface area (Å²) in [5.41, 5.74) is 3.53. The van der Waals surface area contributed by atoms with E-state index >= 15 is 0 Å². The Morgan fingerprint density at radius 1 is 1.29 bits per heavy atom. The second kappa shape index (κ2) is 5.01. The number of aryl methyl sites for hydroxylation is 2. The third kappa shape index (κ3) is 2.27. The molecule has 0 amide bonds. The first kappa shape index (κ1) is 13.3. The van der Waals surface area contributed by atoms with Crippen LogP contribution in [0, 0.1) is 6.92 Å². The van der Waals surface area contributed by atoms with Crippen molar-refractivity contribution >= 4 is 17.0 Å². The first-order valence-corrected chi connectivity index (χ1v) is 6.77. The molecular weight excluding hydrogens is 266 g/mol. The number of hydrogen-bond acceptors (Lipinski definition) is 3. The summed E-state index contributed by atoms with van der Waals surface area (Å²) in [6.07, 6.45) is 1.56. The summed E-state index contributed by atoms with van der Waals surface area (Å²) in [4.78, 5) is 16.1. The van der Waals surface area contributed by atoms with E-state index in [2.05, 4.69) is 10.1 Å². The first-order chi connectivity index (χ1) is 10.1. The average molecular weight is 281 g/mol. The Morgan fingerprint density at radius 3 is 2.62 bits per heavy atom. The molecule has 1 N–H and O–H groups in total. The summed E-state index contributed by atoms with van der Waals surface area (Å²) in [5.74, 6) is -0.966. The lowest BCUT2D eigenvalue weighted by molar-refractivity contribution is 0.0699. The van der Waals surface area contributed by atoms with Crippen molar-refractivity contribution in [3.8, 4) is 11.3 Å². The molecule has 0 aliphatic heterocycles. The van der Waals surface area contributed by atoms with Crippen LogP contribution in [-0.2, 0) is 6.54 Å². The number of aromatic carboxylic acids is 1. The van der Waals surface area contributed by atoms with Crippen LogP contribution in [-0.4, -0.2) is 25.8 Å². The number of benzene rings is 1. The molecule has 0 fully saturated rings. The molecule has 0 saturated carbocycles. The van der Waals surface area contributed by atoms with Crippen LogP contribution in [0.15, 0.2) is 36.5 Å². The molecule has 5 nitrogen and oxygen atoms in total. The lowest BCUT2D eigenvalue weighted by atomic mass is 10.1.